The van der Waals surface area contributed by atoms with E-state index in [4.69, 9.17) is 4.74 Å². The number of anilines is 2. The first-order chi connectivity index (χ1) is 14.7. The quantitative estimate of drug-likeness (QED) is 0.589. The lowest BCUT2D eigenvalue weighted by molar-refractivity contribution is -0.137. The fourth-order valence-corrected chi connectivity index (χ4v) is 4.70. The van der Waals surface area contributed by atoms with Gasteiger partial charge in [-0.1, -0.05) is 0 Å². The fourth-order valence-electron chi connectivity index (χ4n) is 3.44. The summed E-state index contributed by atoms with van der Waals surface area (Å²) >= 11 is 0. The maximum Gasteiger partial charge on any atom is 0.416 e. The first-order valence-corrected chi connectivity index (χ1v) is 10.8. The topological polar surface area (TPSA) is 116 Å². The lowest BCUT2D eigenvalue weighted by Gasteiger charge is -2.25. The van der Waals surface area contributed by atoms with E-state index in [0.717, 1.165) is 30.3 Å². The van der Waals surface area contributed by atoms with Gasteiger partial charge in [-0.3, -0.25) is 4.72 Å². The van der Waals surface area contributed by atoms with Crippen LogP contribution in [0.1, 0.15) is 29.3 Å². The number of β-amino-alcohol motifs (C(OH)–C–C–N with tert-alkyl or cyclic N) is 1. The molecule has 3 rings (SSSR count). The first kappa shape index (κ1) is 23.7. The molecular formula is C20H21F3N2O6S. The summed E-state index contributed by atoms with van der Waals surface area (Å²) in [5.41, 5.74) is -2.71. The average Bonchev–Trinajstić information content (AvgIpc) is 3.05. The van der Waals surface area contributed by atoms with Gasteiger partial charge in [0.1, 0.15) is 10.6 Å². The van der Waals surface area contributed by atoms with E-state index in [1.807, 2.05) is 0 Å². The zero-order valence-corrected chi connectivity index (χ0v) is 17.9. The molecule has 174 valence electrons. The van der Waals surface area contributed by atoms with Gasteiger partial charge in [0, 0.05) is 13.1 Å². The van der Waals surface area contributed by atoms with Crippen molar-refractivity contribution < 1.29 is 41.3 Å². The Balaban J connectivity index is 2.10. The Morgan fingerprint density at radius 1 is 1.22 bits per heavy atom. The van der Waals surface area contributed by atoms with Gasteiger partial charge in [0.2, 0.25) is 0 Å². The van der Waals surface area contributed by atoms with Crippen LogP contribution in [0.3, 0.4) is 0 Å². The maximum atomic E-state index is 13.3. The Kier molecular flexibility index (Phi) is 6.04. The van der Waals surface area contributed by atoms with Crippen LogP contribution in [0.4, 0.5) is 24.5 Å². The Bertz CT molecular complexity index is 1150. The molecule has 0 bridgehead atoms. The number of nitrogens with one attached hydrogen (secondary N) is 1. The van der Waals surface area contributed by atoms with Crippen molar-refractivity contribution in [3.05, 3.63) is 47.5 Å². The third-order valence-electron chi connectivity index (χ3n) is 5.06. The van der Waals surface area contributed by atoms with Gasteiger partial charge in [0.05, 0.1) is 35.2 Å². The van der Waals surface area contributed by atoms with E-state index < -0.39 is 38.2 Å². The highest BCUT2D eigenvalue weighted by Gasteiger charge is 2.36. The molecule has 1 fully saturated rings. The number of hydrogen-bond donors (Lipinski definition) is 3. The molecule has 1 atom stereocenters. The predicted molar refractivity (Wildman–Crippen MR) is 110 cm³/mol. The SMILES string of the molecule is COc1ccc(C(=O)O)cc1S(=O)(=O)Nc1cc(C(F)(F)F)ccc1N1CCC(C)(O)C1. The van der Waals surface area contributed by atoms with Crippen LogP contribution in [0.15, 0.2) is 41.3 Å². The number of hydrogen-bond acceptors (Lipinski definition) is 6. The molecule has 12 heteroatoms. The third-order valence-corrected chi connectivity index (χ3v) is 6.45. The van der Waals surface area contributed by atoms with Gasteiger partial charge in [-0.25, -0.2) is 13.2 Å². The molecule has 1 saturated heterocycles. The van der Waals surface area contributed by atoms with Crippen molar-refractivity contribution in [2.75, 3.05) is 29.8 Å². The van der Waals surface area contributed by atoms with Gasteiger partial charge < -0.3 is 19.8 Å². The Hall–Kier alpha value is -2.99. The van der Waals surface area contributed by atoms with Crippen LogP contribution < -0.4 is 14.4 Å². The zero-order chi connectivity index (χ0) is 23.9. The molecule has 32 heavy (non-hydrogen) atoms. The number of sulfonamides is 1. The van der Waals surface area contributed by atoms with Gasteiger partial charge in [0.15, 0.2) is 0 Å². The Morgan fingerprint density at radius 3 is 2.44 bits per heavy atom. The standard InChI is InChI=1S/C20H21F3N2O6S/c1-19(28)7-8-25(11-19)15-5-4-13(20(21,22)23)10-14(15)24-32(29,30)17-9-12(18(26)27)3-6-16(17)31-2/h3-6,9-10,24,28H,7-8,11H2,1-2H3,(H,26,27). The second-order valence-electron chi connectivity index (χ2n) is 7.67. The number of nitrogens with zero attached hydrogens (tertiary/aromatic N) is 1. The minimum atomic E-state index is -4.73. The van der Waals surface area contributed by atoms with Crippen molar-refractivity contribution in [2.45, 2.75) is 30.0 Å². The van der Waals surface area contributed by atoms with Crippen molar-refractivity contribution in [3.63, 3.8) is 0 Å². The van der Waals surface area contributed by atoms with Gasteiger partial charge in [-0.2, -0.15) is 13.2 Å². The number of halogens is 3. The molecule has 0 radical (unpaired) electrons. The molecule has 8 nitrogen and oxygen atoms in total. The van der Waals surface area contributed by atoms with Crippen LogP contribution in [-0.4, -0.2) is 50.4 Å². The number of benzene rings is 2. The van der Waals surface area contributed by atoms with Gasteiger partial charge in [-0.05, 0) is 49.7 Å². The van der Waals surface area contributed by atoms with Crippen molar-refractivity contribution in [3.8, 4) is 5.75 Å². The van der Waals surface area contributed by atoms with Crippen LogP contribution in [0, 0.1) is 0 Å². The van der Waals surface area contributed by atoms with Crippen molar-refractivity contribution in [2.24, 2.45) is 0 Å². The highest BCUT2D eigenvalue weighted by molar-refractivity contribution is 7.92. The van der Waals surface area contributed by atoms with E-state index in [0.29, 0.717) is 19.0 Å². The second-order valence-corrected chi connectivity index (χ2v) is 9.33. The zero-order valence-electron chi connectivity index (χ0n) is 17.1. The summed E-state index contributed by atoms with van der Waals surface area (Å²) < 4.78 is 73.2. The lowest BCUT2D eigenvalue weighted by Crippen LogP contribution is -2.30. The molecule has 1 unspecified atom stereocenters. The minimum absolute atomic E-state index is 0.0882. The molecular weight excluding hydrogens is 453 g/mol. The maximum absolute atomic E-state index is 13.3. The summed E-state index contributed by atoms with van der Waals surface area (Å²) in [6.45, 7) is 1.96. The van der Waals surface area contributed by atoms with Gasteiger partial charge in [-0.15, -0.1) is 0 Å². The number of alkyl halides is 3. The number of carboxylic acid groups (broad SMARTS) is 1. The van der Waals surface area contributed by atoms with Crippen LogP contribution in [-0.2, 0) is 16.2 Å². The largest absolute Gasteiger partial charge is 0.495 e. The van der Waals surface area contributed by atoms with E-state index in [2.05, 4.69) is 4.72 Å². The van der Waals surface area contributed by atoms with Gasteiger partial charge >= 0.3 is 12.1 Å². The van der Waals surface area contributed by atoms with Crippen molar-refractivity contribution in [1.82, 2.24) is 0 Å². The number of carboxylic acids is 1. The first-order valence-electron chi connectivity index (χ1n) is 9.36. The van der Waals surface area contributed by atoms with Crippen molar-refractivity contribution in [1.29, 1.82) is 0 Å². The summed E-state index contributed by atoms with van der Waals surface area (Å²) in [4.78, 5) is 12.3. The number of ether oxygens (including phenoxy) is 1. The summed E-state index contributed by atoms with van der Waals surface area (Å²) in [6.07, 6.45) is -4.38. The smallest absolute Gasteiger partial charge is 0.416 e. The van der Waals surface area contributed by atoms with E-state index >= 15 is 0 Å². The van der Waals surface area contributed by atoms with E-state index in [-0.39, 0.29) is 29.2 Å². The van der Waals surface area contributed by atoms with E-state index in [1.165, 1.54) is 7.11 Å². The number of carbonyl (C=O) groups is 1. The molecule has 1 aliphatic rings. The lowest BCUT2D eigenvalue weighted by atomic mass is 10.1. The van der Waals surface area contributed by atoms with Crippen molar-refractivity contribution >= 4 is 27.4 Å². The number of rotatable bonds is 6. The summed E-state index contributed by atoms with van der Waals surface area (Å²) in [7, 11) is -3.37. The molecule has 0 aliphatic carbocycles. The second kappa shape index (κ2) is 8.17. The van der Waals surface area contributed by atoms with Gasteiger partial charge in [0.25, 0.3) is 10.0 Å². The summed E-state index contributed by atoms with van der Waals surface area (Å²) in [5, 5.41) is 19.4. The molecule has 0 saturated carbocycles. The monoisotopic (exact) mass is 474 g/mol. The number of aromatic carboxylic acids is 1. The third kappa shape index (κ3) is 4.91. The predicted octanol–water partition coefficient (Wildman–Crippen LogP) is 3.17. The van der Waals surface area contributed by atoms with Crippen LogP contribution >= 0.6 is 0 Å². The molecule has 2 aromatic carbocycles. The van der Waals surface area contributed by atoms with Crippen LogP contribution in [0.2, 0.25) is 0 Å². The highest BCUT2D eigenvalue weighted by Crippen LogP contribution is 2.39. The number of methoxy groups -OCH3 is 1. The minimum Gasteiger partial charge on any atom is -0.495 e. The Labute approximate surface area is 182 Å². The highest BCUT2D eigenvalue weighted by atomic mass is 32.2. The molecule has 0 spiro atoms. The molecule has 3 N–H and O–H groups in total. The molecule has 0 amide bonds. The molecule has 1 aliphatic heterocycles. The average molecular weight is 474 g/mol. The van der Waals surface area contributed by atoms with E-state index in [1.54, 1.807) is 11.8 Å². The fraction of sp³-hybridized carbons (Fsp3) is 0.350. The van der Waals surface area contributed by atoms with E-state index in [9.17, 15) is 36.6 Å². The normalized spacial score (nSPS) is 19.1. The molecule has 0 aromatic heterocycles. The molecule has 2 aromatic rings. The van der Waals surface area contributed by atoms with Crippen LogP contribution in [0.25, 0.3) is 0 Å². The van der Waals surface area contributed by atoms with Crippen LogP contribution in [0.5, 0.6) is 5.75 Å². The molecule has 1 heterocycles. The summed E-state index contributed by atoms with van der Waals surface area (Å²) in [5.74, 6) is -1.57. The number of aliphatic hydroxyl groups is 1. The summed E-state index contributed by atoms with van der Waals surface area (Å²) in [6, 6.07) is 5.76. The Morgan fingerprint density at radius 2 is 1.91 bits per heavy atom.